The molecule has 1 aromatic heterocycles. The summed E-state index contributed by atoms with van der Waals surface area (Å²) in [6, 6.07) is 28.5. The van der Waals surface area contributed by atoms with Crippen LogP contribution >= 0.6 is 12.2 Å². The lowest BCUT2D eigenvalue weighted by Crippen LogP contribution is -2.30. The smallest absolute Gasteiger partial charge is 0.337 e. The zero-order valence-corrected chi connectivity index (χ0v) is 29.3. The highest BCUT2D eigenvalue weighted by Crippen LogP contribution is 2.25. The fourth-order valence-corrected chi connectivity index (χ4v) is 6.38. The second-order valence-electron chi connectivity index (χ2n) is 12.5. The van der Waals surface area contributed by atoms with Crippen molar-refractivity contribution in [3.05, 3.63) is 160 Å². The third kappa shape index (κ3) is 8.37. The van der Waals surface area contributed by atoms with Crippen LogP contribution in [0.5, 0.6) is 0 Å². The number of esters is 1. The molecule has 1 heterocycles. The number of aromatic nitrogens is 2. The molecule has 0 atom stereocenters. The first kappa shape index (κ1) is 35.1. The highest BCUT2D eigenvalue weighted by Gasteiger charge is 2.21. The van der Waals surface area contributed by atoms with Gasteiger partial charge in [0.05, 0.1) is 30.3 Å². The summed E-state index contributed by atoms with van der Waals surface area (Å²) in [5.41, 5.74) is 19.8. The molecule has 0 radical (unpaired) electrons. The molecule has 1 amide bonds. The molecule has 6 rings (SSSR count). The molecule has 9 nitrogen and oxygen atoms in total. The first-order valence-electron chi connectivity index (χ1n) is 16.8. The highest BCUT2D eigenvalue weighted by molar-refractivity contribution is 7.80. The molecule has 0 fully saturated rings. The summed E-state index contributed by atoms with van der Waals surface area (Å²) in [4.78, 5) is 34.1. The standard InChI is InChI=1S/C41H40N6O3S/c1-50-41(49)32-17-12-30(13-18-32)25-46(24-29-8-6-28(23-42)7-9-29)40(48)33-19-20-36-35(22-33)45-38(47(36)26-34-4-2-3-5-37(34)51)21-14-27-10-15-31(16-11-27)39(43)44/h2-4,6-13,15-20,22H,5,14,21,23-26,42H2,1H3,(H3,43,44). The minimum Gasteiger partial charge on any atom is -0.465 e. The monoisotopic (exact) mass is 696 g/mol. The van der Waals surface area contributed by atoms with E-state index in [9.17, 15) is 9.59 Å². The molecule has 10 heteroatoms. The van der Waals surface area contributed by atoms with Crippen LogP contribution in [0.15, 0.2) is 115 Å². The third-order valence-electron chi connectivity index (χ3n) is 9.07. The number of fused-ring (bicyclic) bond motifs is 1. The predicted molar refractivity (Wildman–Crippen MR) is 205 cm³/mol. The van der Waals surface area contributed by atoms with E-state index in [1.807, 2.05) is 84.9 Å². The van der Waals surface area contributed by atoms with Crippen molar-refractivity contribution in [2.45, 2.75) is 45.4 Å². The molecule has 4 aromatic carbocycles. The Balaban J connectivity index is 1.32. The molecular formula is C41H40N6O3S. The first-order valence-corrected chi connectivity index (χ1v) is 17.2. The first-order chi connectivity index (χ1) is 24.7. The van der Waals surface area contributed by atoms with E-state index in [2.05, 4.69) is 16.7 Å². The lowest BCUT2D eigenvalue weighted by molar-refractivity contribution is 0.0600. The molecule has 0 saturated carbocycles. The van der Waals surface area contributed by atoms with Crippen LogP contribution in [0.3, 0.4) is 0 Å². The Kier molecular flexibility index (Phi) is 10.9. The molecule has 0 saturated heterocycles. The number of carbonyl (C=O) groups is 2. The molecule has 0 spiro atoms. The molecule has 258 valence electrons. The largest absolute Gasteiger partial charge is 0.465 e. The lowest BCUT2D eigenvalue weighted by Gasteiger charge is -2.23. The van der Waals surface area contributed by atoms with Gasteiger partial charge in [0.1, 0.15) is 11.7 Å². The van der Waals surface area contributed by atoms with Gasteiger partial charge in [-0.1, -0.05) is 91.1 Å². The number of ether oxygens (including phenoxy) is 1. The van der Waals surface area contributed by atoms with Gasteiger partial charge in [0, 0.05) is 48.5 Å². The number of nitrogens with zero attached hydrogens (tertiary/aromatic N) is 3. The van der Waals surface area contributed by atoms with Gasteiger partial charge in [-0.05, 0) is 64.6 Å². The molecule has 1 aliphatic carbocycles. The Labute approximate surface area is 302 Å². The Hall–Kier alpha value is -5.71. The van der Waals surface area contributed by atoms with Crippen molar-refractivity contribution in [2.24, 2.45) is 11.5 Å². The maximum Gasteiger partial charge on any atom is 0.337 e. The van der Waals surface area contributed by atoms with Crippen LogP contribution in [-0.4, -0.2) is 44.1 Å². The second-order valence-corrected chi connectivity index (χ2v) is 13.0. The Morgan fingerprint density at radius 2 is 1.47 bits per heavy atom. The number of amides is 1. The number of nitrogens with two attached hydrogens (primary N) is 2. The average Bonchev–Trinajstić information content (AvgIpc) is 3.50. The van der Waals surface area contributed by atoms with E-state index < -0.39 is 5.97 Å². The lowest BCUT2D eigenvalue weighted by atomic mass is 10.0. The van der Waals surface area contributed by atoms with E-state index >= 15 is 0 Å². The Morgan fingerprint density at radius 3 is 2.10 bits per heavy atom. The van der Waals surface area contributed by atoms with E-state index in [1.54, 1.807) is 17.0 Å². The molecule has 0 bridgehead atoms. The Morgan fingerprint density at radius 1 is 0.863 bits per heavy atom. The Bertz CT molecular complexity index is 2150. The number of methoxy groups -OCH3 is 1. The summed E-state index contributed by atoms with van der Waals surface area (Å²) in [5.74, 6) is 0.385. The topological polar surface area (TPSA) is 140 Å². The number of allylic oxidation sites excluding steroid dienone is 4. The van der Waals surface area contributed by atoms with Crippen molar-refractivity contribution in [1.82, 2.24) is 14.5 Å². The van der Waals surface area contributed by atoms with E-state index in [1.165, 1.54) is 7.11 Å². The van der Waals surface area contributed by atoms with Crippen molar-refractivity contribution in [3.8, 4) is 0 Å². The van der Waals surface area contributed by atoms with Crippen LogP contribution < -0.4 is 11.5 Å². The normalized spacial score (nSPS) is 12.5. The molecule has 0 aliphatic heterocycles. The molecule has 5 N–H and O–H groups in total. The van der Waals surface area contributed by atoms with Crippen molar-refractivity contribution < 1.29 is 14.3 Å². The summed E-state index contributed by atoms with van der Waals surface area (Å²) in [6.45, 7) is 1.73. The molecule has 51 heavy (non-hydrogen) atoms. The van der Waals surface area contributed by atoms with Crippen LogP contribution in [0, 0.1) is 5.41 Å². The van der Waals surface area contributed by atoms with Crippen molar-refractivity contribution in [2.75, 3.05) is 7.11 Å². The number of thiocarbonyl (C=S) groups is 1. The number of hydrogen-bond donors (Lipinski definition) is 3. The number of benzene rings is 4. The minimum atomic E-state index is -0.412. The number of aryl methyl sites for hydroxylation is 2. The van der Waals surface area contributed by atoms with Crippen LogP contribution in [0.1, 0.15) is 60.8 Å². The van der Waals surface area contributed by atoms with Crippen molar-refractivity contribution >= 4 is 45.8 Å². The van der Waals surface area contributed by atoms with Gasteiger partial charge >= 0.3 is 5.97 Å². The van der Waals surface area contributed by atoms with Gasteiger partial charge in [-0.15, -0.1) is 0 Å². The van der Waals surface area contributed by atoms with Gasteiger partial charge in [0.25, 0.3) is 5.91 Å². The van der Waals surface area contributed by atoms with Gasteiger partial charge in [-0.3, -0.25) is 10.2 Å². The maximum atomic E-state index is 14.3. The van der Waals surface area contributed by atoms with Crippen LogP contribution in [-0.2, 0) is 43.8 Å². The van der Waals surface area contributed by atoms with Crippen LogP contribution in [0.25, 0.3) is 11.0 Å². The summed E-state index contributed by atoms with van der Waals surface area (Å²) >= 11 is 5.71. The summed E-state index contributed by atoms with van der Waals surface area (Å²) in [6.07, 6.45) is 8.31. The second kappa shape index (κ2) is 15.9. The molecule has 1 aliphatic rings. The van der Waals surface area contributed by atoms with Gasteiger partial charge in [0.2, 0.25) is 0 Å². The zero-order chi connectivity index (χ0) is 35.9. The number of amidine groups is 1. The van der Waals surface area contributed by atoms with Crippen molar-refractivity contribution in [1.29, 1.82) is 5.41 Å². The highest BCUT2D eigenvalue weighted by atomic mass is 32.1. The quantitative estimate of drug-likeness (QED) is 0.0557. The number of hydrogen-bond acceptors (Lipinski definition) is 7. The molecular weight excluding hydrogens is 657 g/mol. The van der Waals surface area contributed by atoms with E-state index in [0.29, 0.717) is 49.3 Å². The van der Waals surface area contributed by atoms with E-state index in [4.69, 9.17) is 38.8 Å². The summed E-state index contributed by atoms with van der Waals surface area (Å²) in [7, 11) is 1.35. The summed E-state index contributed by atoms with van der Waals surface area (Å²) in [5, 5.41) is 7.70. The maximum absolute atomic E-state index is 14.3. The van der Waals surface area contributed by atoms with Crippen LogP contribution in [0.2, 0.25) is 0 Å². The average molecular weight is 697 g/mol. The SMILES string of the molecule is COC(=O)c1ccc(CN(Cc2ccc(CN)cc2)C(=O)c2ccc3c(c2)nc(CCc2ccc(C(=N)N)cc2)n3CC2=CC=CCC2=S)cc1. The van der Waals surface area contributed by atoms with Gasteiger partial charge in [-0.25, -0.2) is 9.78 Å². The number of nitrogen functional groups attached to an aromatic ring is 1. The van der Waals surface area contributed by atoms with E-state index in [0.717, 1.165) is 62.4 Å². The van der Waals surface area contributed by atoms with Crippen molar-refractivity contribution in [3.63, 3.8) is 0 Å². The third-order valence-corrected chi connectivity index (χ3v) is 9.50. The number of rotatable bonds is 13. The predicted octanol–water partition coefficient (Wildman–Crippen LogP) is 6.45. The van der Waals surface area contributed by atoms with Gasteiger partial charge in [0.15, 0.2) is 0 Å². The number of nitrogens with one attached hydrogen (secondary N) is 1. The van der Waals surface area contributed by atoms with E-state index in [-0.39, 0.29) is 11.7 Å². The zero-order valence-electron chi connectivity index (χ0n) is 28.5. The van der Waals surface area contributed by atoms with Crippen LogP contribution in [0.4, 0.5) is 0 Å². The number of carbonyl (C=O) groups excluding carboxylic acids is 2. The van der Waals surface area contributed by atoms with Gasteiger partial charge in [-0.2, -0.15) is 0 Å². The van der Waals surface area contributed by atoms with Gasteiger partial charge < -0.3 is 25.7 Å². The number of imidazole rings is 1. The fourth-order valence-electron chi connectivity index (χ4n) is 6.15. The molecule has 5 aromatic rings. The molecule has 0 unspecified atom stereocenters. The summed E-state index contributed by atoms with van der Waals surface area (Å²) < 4.78 is 7.05. The fraction of sp³-hybridized carbons (Fsp3) is 0.195. The minimum absolute atomic E-state index is 0.0407.